The van der Waals surface area contributed by atoms with E-state index in [9.17, 15) is 0 Å². The Morgan fingerprint density at radius 2 is 1.78 bits per heavy atom. The van der Waals surface area contributed by atoms with Crippen LogP contribution >= 0.6 is 12.2 Å². The molecule has 2 rings (SSSR count). The third-order valence-electron chi connectivity index (χ3n) is 2.44. The lowest BCUT2D eigenvalue weighted by Gasteiger charge is -2.16. The van der Waals surface area contributed by atoms with Crippen molar-refractivity contribution in [2.24, 2.45) is 0 Å². The Hall–Kier alpha value is -2.01. The summed E-state index contributed by atoms with van der Waals surface area (Å²) in [5, 5.41) is 6.64. The van der Waals surface area contributed by atoms with Crippen LogP contribution in [-0.2, 0) is 0 Å². The van der Waals surface area contributed by atoms with Crippen LogP contribution in [0.15, 0.2) is 48.8 Å². The molecule has 0 saturated carbocycles. The number of anilines is 1. The second kappa shape index (κ2) is 6.07. The van der Waals surface area contributed by atoms with E-state index >= 15 is 0 Å². The van der Waals surface area contributed by atoms with Gasteiger partial charge in [-0.2, -0.15) is 0 Å². The fourth-order valence-electron chi connectivity index (χ4n) is 1.52. The van der Waals surface area contributed by atoms with Gasteiger partial charge in [-0.05, 0) is 30.8 Å². The largest absolute Gasteiger partial charge is 0.356 e. The van der Waals surface area contributed by atoms with Crippen LogP contribution in [0.3, 0.4) is 0 Å². The molecule has 0 bridgehead atoms. The van der Waals surface area contributed by atoms with Crippen molar-refractivity contribution in [3.05, 3.63) is 54.4 Å². The zero-order chi connectivity index (χ0) is 12.8. The topological polar surface area (TPSA) is 49.8 Å². The van der Waals surface area contributed by atoms with Gasteiger partial charge in [-0.15, -0.1) is 0 Å². The molecule has 0 spiro atoms. The van der Waals surface area contributed by atoms with Crippen LogP contribution in [0.1, 0.15) is 18.5 Å². The molecule has 0 aliphatic rings. The normalized spacial score (nSPS) is 11.6. The van der Waals surface area contributed by atoms with E-state index in [-0.39, 0.29) is 6.04 Å². The molecule has 92 valence electrons. The Labute approximate surface area is 111 Å². The molecule has 0 aliphatic carbocycles. The van der Waals surface area contributed by atoms with Gasteiger partial charge in [0.2, 0.25) is 5.95 Å². The molecule has 0 fully saturated rings. The van der Waals surface area contributed by atoms with Crippen LogP contribution in [0.2, 0.25) is 0 Å². The van der Waals surface area contributed by atoms with Crippen molar-refractivity contribution in [1.82, 2.24) is 15.3 Å². The highest BCUT2D eigenvalue weighted by atomic mass is 32.1. The molecule has 1 heterocycles. The van der Waals surface area contributed by atoms with Crippen molar-refractivity contribution >= 4 is 23.3 Å². The molecule has 18 heavy (non-hydrogen) atoms. The third kappa shape index (κ3) is 3.49. The highest BCUT2D eigenvalue weighted by molar-refractivity contribution is 7.80. The Kier molecular flexibility index (Phi) is 4.20. The zero-order valence-corrected chi connectivity index (χ0v) is 10.8. The third-order valence-corrected chi connectivity index (χ3v) is 2.66. The van der Waals surface area contributed by atoms with Crippen molar-refractivity contribution in [2.75, 3.05) is 5.32 Å². The molecule has 0 amide bonds. The van der Waals surface area contributed by atoms with E-state index in [0.717, 1.165) is 0 Å². The fraction of sp³-hybridized carbons (Fsp3) is 0.154. The monoisotopic (exact) mass is 258 g/mol. The summed E-state index contributed by atoms with van der Waals surface area (Å²) >= 11 is 5.21. The molecular weight excluding hydrogens is 244 g/mol. The maximum atomic E-state index is 5.21. The van der Waals surface area contributed by atoms with E-state index in [2.05, 4.69) is 39.7 Å². The van der Waals surface area contributed by atoms with Gasteiger partial charge in [0.15, 0.2) is 5.11 Å². The van der Waals surface area contributed by atoms with Gasteiger partial charge >= 0.3 is 0 Å². The van der Waals surface area contributed by atoms with Crippen molar-refractivity contribution in [3.63, 3.8) is 0 Å². The SMILES string of the molecule is C[C@@H](NC(=S)Nc1ncccn1)c1ccccc1. The molecule has 1 aromatic heterocycles. The van der Waals surface area contributed by atoms with Gasteiger partial charge in [0, 0.05) is 12.4 Å². The maximum Gasteiger partial charge on any atom is 0.228 e. The zero-order valence-electron chi connectivity index (χ0n) is 10.00. The van der Waals surface area contributed by atoms with Crippen LogP contribution in [-0.4, -0.2) is 15.1 Å². The van der Waals surface area contributed by atoms with E-state index in [1.54, 1.807) is 18.5 Å². The number of hydrogen-bond donors (Lipinski definition) is 2. The number of nitrogens with one attached hydrogen (secondary N) is 2. The van der Waals surface area contributed by atoms with Crippen LogP contribution in [0.4, 0.5) is 5.95 Å². The molecule has 2 N–H and O–H groups in total. The highest BCUT2D eigenvalue weighted by Gasteiger charge is 2.06. The number of thiocarbonyl (C=S) groups is 1. The van der Waals surface area contributed by atoms with E-state index in [1.165, 1.54) is 5.56 Å². The molecule has 0 aliphatic heterocycles. The average molecular weight is 258 g/mol. The van der Waals surface area contributed by atoms with Gasteiger partial charge in [0.25, 0.3) is 0 Å². The molecule has 2 aromatic rings. The second-order valence-corrected chi connectivity index (χ2v) is 4.21. The van der Waals surface area contributed by atoms with Crippen molar-refractivity contribution in [1.29, 1.82) is 0 Å². The summed E-state index contributed by atoms with van der Waals surface area (Å²) < 4.78 is 0. The molecule has 0 saturated heterocycles. The van der Waals surface area contributed by atoms with Gasteiger partial charge in [0.1, 0.15) is 0 Å². The number of nitrogens with zero attached hydrogens (tertiary/aromatic N) is 2. The lowest BCUT2D eigenvalue weighted by atomic mass is 10.1. The quantitative estimate of drug-likeness (QED) is 0.829. The Balaban J connectivity index is 1.92. The van der Waals surface area contributed by atoms with Gasteiger partial charge in [-0.3, -0.25) is 0 Å². The van der Waals surface area contributed by atoms with Gasteiger partial charge < -0.3 is 10.6 Å². The van der Waals surface area contributed by atoms with Gasteiger partial charge in [-0.25, -0.2) is 9.97 Å². The fourth-order valence-corrected chi connectivity index (χ4v) is 1.79. The van der Waals surface area contributed by atoms with Crippen LogP contribution in [0.5, 0.6) is 0 Å². The van der Waals surface area contributed by atoms with Crippen LogP contribution in [0.25, 0.3) is 0 Å². The smallest absolute Gasteiger partial charge is 0.228 e. The average Bonchev–Trinajstić information content (AvgIpc) is 2.40. The second-order valence-electron chi connectivity index (χ2n) is 3.80. The summed E-state index contributed by atoms with van der Waals surface area (Å²) in [6.07, 6.45) is 3.33. The molecular formula is C13H14N4S. The van der Waals surface area contributed by atoms with Gasteiger partial charge in [0.05, 0.1) is 6.04 Å². The predicted molar refractivity (Wildman–Crippen MR) is 76.2 cm³/mol. The van der Waals surface area contributed by atoms with Crippen LogP contribution in [0, 0.1) is 0 Å². The van der Waals surface area contributed by atoms with Gasteiger partial charge in [-0.1, -0.05) is 30.3 Å². The summed E-state index contributed by atoms with van der Waals surface area (Å²) in [5.74, 6) is 0.496. The van der Waals surface area contributed by atoms with E-state index in [4.69, 9.17) is 12.2 Å². The number of hydrogen-bond acceptors (Lipinski definition) is 3. The Morgan fingerprint density at radius 3 is 2.44 bits per heavy atom. The lowest BCUT2D eigenvalue weighted by molar-refractivity contribution is 0.722. The van der Waals surface area contributed by atoms with E-state index in [0.29, 0.717) is 11.1 Å². The molecule has 4 nitrogen and oxygen atoms in total. The number of aromatic nitrogens is 2. The van der Waals surface area contributed by atoms with E-state index in [1.807, 2.05) is 18.2 Å². The number of rotatable bonds is 3. The molecule has 1 aromatic carbocycles. The first-order valence-corrected chi connectivity index (χ1v) is 6.06. The first kappa shape index (κ1) is 12.4. The molecule has 0 unspecified atom stereocenters. The summed E-state index contributed by atoms with van der Waals surface area (Å²) in [6.45, 7) is 2.05. The molecule has 0 radical (unpaired) electrons. The number of benzene rings is 1. The summed E-state index contributed by atoms with van der Waals surface area (Å²) in [6, 6.07) is 12.0. The lowest BCUT2D eigenvalue weighted by Crippen LogP contribution is -2.31. The Bertz CT molecular complexity index is 501. The maximum absolute atomic E-state index is 5.21. The van der Waals surface area contributed by atoms with Crippen molar-refractivity contribution in [3.8, 4) is 0 Å². The first-order chi connectivity index (χ1) is 8.75. The van der Waals surface area contributed by atoms with Crippen molar-refractivity contribution in [2.45, 2.75) is 13.0 Å². The summed E-state index contributed by atoms with van der Waals surface area (Å²) in [5.41, 5.74) is 1.18. The standard InChI is InChI=1S/C13H14N4S/c1-10(11-6-3-2-4-7-11)16-13(18)17-12-14-8-5-9-15-12/h2-10H,1H3,(H2,14,15,16,17,18)/t10-/m1/s1. The first-order valence-electron chi connectivity index (χ1n) is 5.65. The summed E-state index contributed by atoms with van der Waals surface area (Å²) in [7, 11) is 0. The van der Waals surface area contributed by atoms with Crippen LogP contribution < -0.4 is 10.6 Å². The minimum Gasteiger partial charge on any atom is -0.356 e. The predicted octanol–water partition coefficient (Wildman–Crippen LogP) is 2.52. The Morgan fingerprint density at radius 1 is 1.11 bits per heavy atom. The highest BCUT2D eigenvalue weighted by Crippen LogP contribution is 2.11. The summed E-state index contributed by atoms with van der Waals surface area (Å²) in [4.78, 5) is 8.10. The molecule has 1 atom stereocenters. The van der Waals surface area contributed by atoms with Crippen molar-refractivity contribution < 1.29 is 0 Å². The minimum atomic E-state index is 0.134. The van der Waals surface area contributed by atoms with E-state index < -0.39 is 0 Å². The minimum absolute atomic E-state index is 0.134. The molecule has 5 heteroatoms.